The minimum atomic E-state index is -4.55. The molecule has 1 N–H and O–H groups in total. The molecular formula is C30H26F3N3O4S2. The Kier molecular flexibility index (Phi) is 9.15. The van der Waals surface area contributed by atoms with Crippen LogP contribution >= 0.6 is 24.0 Å². The van der Waals surface area contributed by atoms with E-state index in [1.807, 2.05) is 35.2 Å². The van der Waals surface area contributed by atoms with Crippen LogP contribution in [0.5, 0.6) is 5.75 Å². The molecule has 0 aliphatic carbocycles. The van der Waals surface area contributed by atoms with Crippen molar-refractivity contribution in [1.82, 2.24) is 4.90 Å². The number of benzene rings is 3. The van der Waals surface area contributed by atoms with Crippen LogP contribution in [-0.2, 0) is 27.0 Å². The smallest absolute Gasteiger partial charge is 0.416 e. The van der Waals surface area contributed by atoms with Gasteiger partial charge in [-0.05, 0) is 47.5 Å². The predicted octanol–water partition coefficient (Wildman–Crippen LogP) is 5.96. The summed E-state index contributed by atoms with van der Waals surface area (Å²) in [5, 5.41) is 2.57. The third kappa shape index (κ3) is 7.30. The number of nitrogens with zero attached hydrogens (tertiary/aromatic N) is 2. The second kappa shape index (κ2) is 13.0. The monoisotopic (exact) mass is 613 g/mol. The molecule has 2 aliphatic heterocycles. The molecule has 2 heterocycles. The van der Waals surface area contributed by atoms with Crippen LogP contribution in [0.1, 0.15) is 16.7 Å². The van der Waals surface area contributed by atoms with Crippen LogP contribution in [0.25, 0.3) is 6.08 Å². The molecule has 0 bridgehead atoms. The fraction of sp³-hybridized carbons (Fsp3) is 0.233. The van der Waals surface area contributed by atoms with Gasteiger partial charge in [0.1, 0.15) is 10.1 Å². The highest BCUT2D eigenvalue weighted by Crippen LogP contribution is 2.36. The van der Waals surface area contributed by atoms with Gasteiger partial charge in [0.25, 0.3) is 11.8 Å². The summed E-state index contributed by atoms with van der Waals surface area (Å²) in [7, 11) is 0. The van der Waals surface area contributed by atoms with E-state index in [0.717, 1.165) is 23.3 Å². The fourth-order valence-electron chi connectivity index (χ4n) is 4.44. The maximum absolute atomic E-state index is 13.4. The molecule has 7 nitrogen and oxygen atoms in total. The number of alkyl halides is 3. The van der Waals surface area contributed by atoms with Crippen LogP contribution in [0, 0.1) is 0 Å². The van der Waals surface area contributed by atoms with E-state index in [4.69, 9.17) is 21.7 Å². The summed E-state index contributed by atoms with van der Waals surface area (Å²) in [4.78, 5) is 29.5. The van der Waals surface area contributed by atoms with Crippen molar-refractivity contribution in [2.45, 2.75) is 12.7 Å². The van der Waals surface area contributed by atoms with Gasteiger partial charge in [-0.3, -0.25) is 14.5 Å². The molecule has 0 aromatic heterocycles. The van der Waals surface area contributed by atoms with Crippen LogP contribution < -0.4 is 15.0 Å². The van der Waals surface area contributed by atoms with Gasteiger partial charge in [-0.1, -0.05) is 66.4 Å². The first-order valence-corrected chi connectivity index (χ1v) is 14.3. The molecule has 3 aromatic rings. The van der Waals surface area contributed by atoms with Gasteiger partial charge in [-0.25, -0.2) is 0 Å². The predicted molar refractivity (Wildman–Crippen MR) is 160 cm³/mol. The average Bonchev–Trinajstić information content (AvgIpc) is 3.24. The third-order valence-electron chi connectivity index (χ3n) is 6.55. The van der Waals surface area contributed by atoms with E-state index in [-0.39, 0.29) is 11.6 Å². The van der Waals surface area contributed by atoms with E-state index in [2.05, 4.69) is 5.32 Å². The van der Waals surface area contributed by atoms with E-state index in [1.165, 1.54) is 17.8 Å². The summed E-state index contributed by atoms with van der Waals surface area (Å²) in [5.74, 6) is -0.386. The van der Waals surface area contributed by atoms with Gasteiger partial charge in [0.05, 0.1) is 41.6 Å². The Labute approximate surface area is 250 Å². The zero-order valence-corrected chi connectivity index (χ0v) is 23.9. The van der Waals surface area contributed by atoms with E-state index < -0.39 is 24.3 Å². The Morgan fingerprint density at radius 3 is 2.45 bits per heavy atom. The van der Waals surface area contributed by atoms with Crippen LogP contribution in [0.4, 0.5) is 24.5 Å². The van der Waals surface area contributed by atoms with Gasteiger partial charge < -0.3 is 19.7 Å². The molecule has 0 unspecified atom stereocenters. The van der Waals surface area contributed by atoms with Crippen LogP contribution in [0.3, 0.4) is 0 Å². The number of morpholine rings is 1. The van der Waals surface area contributed by atoms with Crippen molar-refractivity contribution in [2.24, 2.45) is 0 Å². The number of rotatable bonds is 8. The van der Waals surface area contributed by atoms with Gasteiger partial charge in [-0.15, -0.1) is 0 Å². The molecule has 12 heteroatoms. The van der Waals surface area contributed by atoms with Gasteiger partial charge in [-0.2, -0.15) is 13.2 Å². The highest BCUT2D eigenvalue weighted by atomic mass is 32.2. The molecule has 5 rings (SSSR count). The Morgan fingerprint density at radius 2 is 1.76 bits per heavy atom. The third-order valence-corrected chi connectivity index (χ3v) is 7.93. The number of carbonyl (C=O) groups excluding carboxylic acids is 2. The largest absolute Gasteiger partial charge is 0.484 e. The Morgan fingerprint density at radius 1 is 1.05 bits per heavy atom. The molecule has 218 valence electrons. The standard InChI is InChI=1S/C30H26F3N3O4S2/c31-30(32,33)22-8-11-25(35-12-14-39-15-13-35)24(17-22)34-27(37)19-40-23-9-6-20(7-10-23)16-26-28(38)36(29(41)42-26)18-21-4-2-1-3-5-21/h1-11,16-17H,12-15,18-19H2,(H,34,37)/b26-16-. The Balaban J connectivity index is 1.20. The van der Waals surface area contributed by atoms with Crippen LogP contribution in [0.2, 0.25) is 0 Å². The summed E-state index contributed by atoms with van der Waals surface area (Å²) >= 11 is 6.64. The highest BCUT2D eigenvalue weighted by Gasteiger charge is 2.33. The number of amides is 2. The van der Waals surface area contributed by atoms with Gasteiger partial charge in [0.15, 0.2) is 6.61 Å². The highest BCUT2D eigenvalue weighted by molar-refractivity contribution is 8.26. The lowest BCUT2D eigenvalue weighted by atomic mass is 10.1. The van der Waals surface area contributed by atoms with Crippen molar-refractivity contribution >= 4 is 57.6 Å². The lowest BCUT2D eigenvalue weighted by Gasteiger charge is -2.31. The summed E-state index contributed by atoms with van der Waals surface area (Å²) in [6.45, 7) is 1.86. The zero-order chi connectivity index (χ0) is 29.7. The average molecular weight is 614 g/mol. The number of hydrogen-bond acceptors (Lipinski definition) is 7. The van der Waals surface area contributed by atoms with Crippen molar-refractivity contribution in [3.63, 3.8) is 0 Å². The second-order valence-corrected chi connectivity index (χ2v) is 11.2. The normalized spacial score (nSPS) is 16.7. The lowest BCUT2D eigenvalue weighted by Crippen LogP contribution is -2.37. The number of anilines is 2. The second-order valence-electron chi connectivity index (χ2n) is 9.49. The molecule has 0 saturated carbocycles. The minimum Gasteiger partial charge on any atom is -0.484 e. The van der Waals surface area contributed by atoms with Crippen molar-refractivity contribution in [2.75, 3.05) is 43.1 Å². The molecule has 2 aliphatic rings. The van der Waals surface area contributed by atoms with E-state index >= 15 is 0 Å². The fourth-order valence-corrected chi connectivity index (χ4v) is 5.70. The molecule has 3 aromatic carbocycles. The molecule has 0 atom stereocenters. The van der Waals surface area contributed by atoms with Crippen LogP contribution in [0.15, 0.2) is 77.7 Å². The number of ether oxygens (including phenoxy) is 2. The Hall–Kier alpha value is -3.87. The Bertz CT molecular complexity index is 1490. The van der Waals surface area contributed by atoms with Gasteiger partial charge in [0.2, 0.25) is 0 Å². The van der Waals surface area contributed by atoms with Crippen molar-refractivity contribution in [3.05, 3.63) is 94.4 Å². The van der Waals surface area contributed by atoms with E-state index in [0.29, 0.717) is 53.5 Å². The van der Waals surface area contributed by atoms with Crippen molar-refractivity contribution in [1.29, 1.82) is 0 Å². The minimum absolute atomic E-state index is 0.0558. The quantitative estimate of drug-likeness (QED) is 0.248. The summed E-state index contributed by atoms with van der Waals surface area (Å²) in [6.07, 6.45) is -2.81. The molecule has 2 saturated heterocycles. The number of hydrogen-bond donors (Lipinski definition) is 1. The topological polar surface area (TPSA) is 71.1 Å². The van der Waals surface area contributed by atoms with E-state index in [1.54, 1.807) is 35.2 Å². The molecule has 42 heavy (non-hydrogen) atoms. The van der Waals surface area contributed by atoms with Crippen molar-refractivity contribution < 1.29 is 32.2 Å². The zero-order valence-electron chi connectivity index (χ0n) is 22.2. The number of thioether (sulfide) groups is 1. The van der Waals surface area contributed by atoms with Gasteiger partial charge >= 0.3 is 6.18 Å². The molecule has 2 fully saturated rings. The molecular weight excluding hydrogens is 587 g/mol. The summed E-state index contributed by atoms with van der Waals surface area (Å²) in [5.41, 5.74) is 1.40. The maximum Gasteiger partial charge on any atom is 0.416 e. The number of nitrogens with one attached hydrogen (secondary N) is 1. The van der Waals surface area contributed by atoms with E-state index in [9.17, 15) is 22.8 Å². The first-order chi connectivity index (χ1) is 20.2. The summed E-state index contributed by atoms with van der Waals surface area (Å²) in [6, 6.07) is 19.6. The number of carbonyl (C=O) groups is 2. The number of halogens is 3. The van der Waals surface area contributed by atoms with Gasteiger partial charge in [0, 0.05) is 13.1 Å². The first-order valence-electron chi connectivity index (χ1n) is 13.0. The molecule has 2 amide bonds. The molecule has 0 spiro atoms. The first kappa shape index (κ1) is 29.6. The molecule has 0 radical (unpaired) electrons. The maximum atomic E-state index is 13.4. The number of thiocarbonyl (C=S) groups is 1. The van der Waals surface area contributed by atoms with Crippen molar-refractivity contribution in [3.8, 4) is 5.75 Å². The summed E-state index contributed by atoms with van der Waals surface area (Å²) < 4.78 is 51.5. The lowest BCUT2D eigenvalue weighted by molar-refractivity contribution is -0.137. The SMILES string of the molecule is O=C(COc1ccc(/C=C2\SC(=S)N(Cc3ccccc3)C2=O)cc1)Nc1cc(C(F)(F)F)ccc1N1CCOCC1. The van der Waals surface area contributed by atoms with Crippen LogP contribution in [-0.4, -0.2) is 53.9 Å².